The van der Waals surface area contributed by atoms with E-state index in [4.69, 9.17) is 9.26 Å². The third kappa shape index (κ3) is 3.62. The highest BCUT2D eigenvalue weighted by atomic mass is 19.1. The van der Waals surface area contributed by atoms with Gasteiger partial charge in [-0.25, -0.2) is 14.4 Å². The molecule has 2 aromatic carbocycles. The first-order valence-corrected chi connectivity index (χ1v) is 8.77. The van der Waals surface area contributed by atoms with Crippen LogP contribution >= 0.6 is 0 Å². The van der Waals surface area contributed by atoms with Crippen molar-refractivity contribution in [1.82, 2.24) is 20.1 Å². The summed E-state index contributed by atoms with van der Waals surface area (Å²) >= 11 is 0. The lowest BCUT2D eigenvalue weighted by Crippen LogP contribution is -2.19. The van der Waals surface area contributed by atoms with Crippen LogP contribution < -0.4 is 10.1 Å². The van der Waals surface area contributed by atoms with Gasteiger partial charge in [0.05, 0.1) is 12.6 Å². The van der Waals surface area contributed by atoms with Crippen LogP contribution in [0.3, 0.4) is 0 Å². The smallest absolute Gasteiger partial charge is 0.229 e. The molecule has 8 heteroatoms. The summed E-state index contributed by atoms with van der Waals surface area (Å²) in [6, 6.07) is 12.5. The summed E-state index contributed by atoms with van der Waals surface area (Å²) in [5, 5.41) is 8.00. The normalized spacial score (nSPS) is 12.1. The molecule has 4 rings (SSSR count). The van der Waals surface area contributed by atoms with Crippen LogP contribution in [-0.2, 0) is 6.42 Å². The predicted molar refractivity (Wildman–Crippen MR) is 103 cm³/mol. The molecule has 28 heavy (non-hydrogen) atoms. The van der Waals surface area contributed by atoms with Crippen LogP contribution in [0.2, 0.25) is 0 Å². The molecule has 4 aromatic rings. The number of anilines is 1. The summed E-state index contributed by atoms with van der Waals surface area (Å²) in [5.41, 5.74) is 1.39. The number of benzene rings is 2. The van der Waals surface area contributed by atoms with E-state index in [0.29, 0.717) is 34.9 Å². The Bertz CT molecular complexity index is 1100. The van der Waals surface area contributed by atoms with Crippen molar-refractivity contribution in [2.24, 2.45) is 0 Å². The van der Waals surface area contributed by atoms with Crippen molar-refractivity contribution in [3.8, 4) is 17.1 Å². The molecule has 0 aliphatic heterocycles. The summed E-state index contributed by atoms with van der Waals surface area (Å²) in [5.74, 6) is 1.32. The average molecular weight is 379 g/mol. The Morgan fingerprint density at radius 2 is 2.00 bits per heavy atom. The van der Waals surface area contributed by atoms with E-state index in [9.17, 15) is 4.39 Å². The van der Waals surface area contributed by atoms with Gasteiger partial charge >= 0.3 is 0 Å². The maximum atomic E-state index is 13.9. The number of aromatic nitrogens is 4. The molecule has 1 unspecified atom stereocenters. The van der Waals surface area contributed by atoms with E-state index < -0.39 is 5.82 Å². The molecule has 142 valence electrons. The maximum Gasteiger partial charge on any atom is 0.229 e. The zero-order valence-electron chi connectivity index (χ0n) is 15.4. The van der Waals surface area contributed by atoms with Gasteiger partial charge in [0.25, 0.3) is 0 Å². The van der Waals surface area contributed by atoms with Crippen molar-refractivity contribution in [1.29, 1.82) is 0 Å². The Kier molecular flexibility index (Phi) is 4.84. The van der Waals surface area contributed by atoms with Crippen LogP contribution in [0.5, 0.6) is 5.75 Å². The highest BCUT2D eigenvalue weighted by Gasteiger charge is 2.15. The van der Waals surface area contributed by atoms with E-state index in [0.717, 1.165) is 5.56 Å². The van der Waals surface area contributed by atoms with Crippen molar-refractivity contribution in [3.05, 3.63) is 60.5 Å². The third-order valence-electron chi connectivity index (χ3n) is 4.27. The van der Waals surface area contributed by atoms with E-state index in [1.807, 2.05) is 37.3 Å². The molecule has 0 fully saturated rings. The molecule has 2 aromatic heterocycles. The van der Waals surface area contributed by atoms with E-state index in [1.54, 1.807) is 6.07 Å². The first-order valence-electron chi connectivity index (χ1n) is 8.77. The lowest BCUT2D eigenvalue weighted by Gasteiger charge is -2.14. The fourth-order valence-corrected chi connectivity index (χ4v) is 2.92. The van der Waals surface area contributed by atoms with Gasteiger partial charge in [-0.3, -0.25) is 0 Å². The second-order valence-electron chi connectivity index (χ2n) is 6.35. The fraction of sp³-hybridized carbons (Fsp3) is 0.200. The molecule has 1 atom stereocenters. The van der Waals surface area contributed by atoms with Crippen molar-refractivity contribution in [2.75, 3.05) is 12.4 Å². The van der Waals surface area contributed by atoms with E-state index in [1.165, 1.54) is 19.5 Å². The Labute approximate surface area is 160 Å². The summed E-state index contributed by atoms with van der Waals surface area (Å²) in [4.78, 5) is 12.8. The number of methoxy groups -OCH3 is 1. The average Bonchev–Trinajstić information content (AvgIpc) is 3.16. The van der Waals surface area contributed by atoms with Crippen molar-refractivity contribution < 1.29 is 13.7 Å². The molecule has 0 saturated carbocycles. The summed E-state index contributed by atoms with van der Waals surface area (Å²) in [6.07, 6.45) is 1.90. The SMILES string of the molecule is COc1cc2c(NC(C)Cc3nc(-c4ccccc4)no3)ncnc2cc1F. The molecule has 2 heterocycles. The number of rotatable bonds is 6. The van der Waals surface area contributed by atoms with Gasteiger partial charge in [-0.15, -0.1) is 0 Å². The van der Waals surface area contributed by atoms with Gasteiger partial charge in [0.15, 0.2) is 11.6 Å². The van der Waals surface area contributed by atoms with Crippen molar-refractivity contribution in [3.63, 3.8) is 0 Å². The van der Waals surface area contributed by atoms with Gasteiger partial charge in [0, 0.05) is 29.5 Å². The minimum atomic E-state index is -0.466. The second-order valence-corrected chi connectivity index (χ2v) is 6.35. The van der Waals surface area contributed by atoms with Gasteiger partial charge < -0.3 is 14.6 Å². The Morgan fingerprint density at radius 3 is 2.79 bits per heavy atom. The zero-order valence-corrected chi connectivity index (χ0v) is 15.4. The number of hydrogen-bond acceptors (Lipinski definition) is 7. The molecular weight excluding hydrogens is 361 g/mol. The summed E-state index contributed by atoms with van der Waals surface area (Å²) in [7, 11) is 1.42. The molecule has 7 nitrogen and oxygen atoms in total. The monoisotopic (exact) mass is 379 g/mol. The van der Waals surface area contributed by atoms with E-state index >= 15 is 0 Å². The van der Waals surface area contributed by atoms with Crippen molar-refractivity contribution >= 4 is 16.7 Å². The van der Waals surface area contributed by atoms with Crippen LogP contribution in [0.1, 0.15) is 12.8 Å². The zero-order chi connectivity index (χ0) is 19.5. The standard InChI is InChI=1S/C20H18FN5O2/c1-12(8-18-25-19(26-28-18)13-6-4-3-5-7-13)24-20-14-9-17(27-2)15(21)10-16(14)22-11-23-20/h3-7,9-12H,8H2,1-2H3,(H,22,23,24). The summed E-state index contributed by atoms with van der Waals surface area (Å²) in [6.45, 7) is 1.97. The lowest BCUT2D eigenvalue weighted by molar-refractivity contribution is 0.374. The van der Waals surface area contributed by atoms with E-state index in [-0.39, 0.29) is 11.8 Å². The number of halogens is 1. The van der Waals surface area contributed by atoms with Gasteiger partial charge in [-0.2, -0.15) is 4.98 Å². The molecule has 0 aliphatic carbocycles. The van der Waals surface area contributed by atoms with Gasteiger partial charge in [-0.05, 0) is 13.0 Å². The number of fused-ring (bicyclic) bond motifs is 1. The largest absolute Gasteiger partial charge is 0.494 e. The Hall–Kier alpha value is -3.55. The predicted octanol–water partition coefficient (Wildman–Crippen LogP) is 3.87. The molecule has 1 N–H and O–H groups in total. The second kappa shape index (κ2) is 7.59. The molecule has 0 amide bonds. The van der Waals surface area contributed by atoms with E-state index in [2.05, 4.69) is 25.4 Å². The van der Waals surface area contributed by atoms with Crippen LogP contribution in [0.25, 0.3) is 22.3 Å². The van der Waals surface area contributed by atoms with Crippen LogP contribution in [-0.4, -0.2) is 33.3 Å². The molecule has 0 bridgehead atoms. The fourth-order valence-electron chi connectivity index (χ4n) is 2.92. The number of ether oxygens (including phenoxy) is 1. The van der Waals surface area contributed by atoms with Crippen LogP contribution in [0.4, 0.5) is 10.2 Å². The van der Waals surface area contributed by atoms with Gasteiger partial charge in [0.1, 0.15) is 12.1 Å². The van der Waals surface area contributed by atoms with Crippen molar-refractivity contribution in [2.45, 2.75) is 19.4 Å². The summed E-state index contributed by atoms with van der Waals surface area (Å²) < 4.78 is 24.3. The number of nitrogens with one attached hydrogen (secondary N) is 1. The molecule has 0 spiro atoms. The molecule has 0 saturated heterocycles. The highest BCUT2D eigenvalue weighted by Crippen LogP contribution is 2.27. The quantitative estimate of drug-likeness (QED) is 0.544. The minimum absolute atomic E-state index is 0.0572. The highest BCUT2D eigenvalue weighted by molar-refractivity contribution is 5.90. The molecular formula is C20H18FN5O2. The van der Waals surface area contributed by atoms with Gasteiger partial charge in [-0.1, -0.05) is 35.5 Å². The Balaban J connectivity index is 1.53. The number of hydrogen-bond donors (Lipinski definition) is 1. The first kappa shape index (κ1) is 17.8. The third-order valence-corrected chi connectivity index (χ3v) is 4.27. The first-order chi connectivity index (χ1) is 13.6. The Morgan fingerprint density at radius 1 is 1.18 bits per heavy atom. The maximum absolute atomic E-state index is 13.9. The molecule has 0 aliphatic rings. The van der Waals surface area contributed by atoms with Crippen LogP contribution in [0, 0.1) is 5.82 Å². The van der Waals surface area contributed by atoms with Gasteiger partial charge in [0.2, 0.25) is 11.7 Å². The number of nitrogens with zero attached hydrogens (tertiary/aromatic N) is 4. The van der Waals surface area contributed by atoms with Crippen LogP contribution in [0.15, 0.2) is 53.3 Å². The molecule has 0 radical (unpaired) electrons. The topological polar surface area (TPSA) is 86.0 Å². The minimum Gasteiger partial charge on any atom is -0.494 e. The lowest BCUT2D eigenvalue weighted by atomic mass is 10.2.